The van der Waals surface area contributed by atoms with Crippen molar-refractivity contribution < 1.29 is 19.1 Å². The summed E-state index contributed by atoms with van der Waals surface area (Å²) in [4.78, 5) is 25.5. The maximum absolute atomic E-state index is 12.7. The third-order valence-corrected chi connectivity index (χ3v) is 4.78. The number of nitrogens with one attached hydrogen (secondary N) is 1. The third-order valence-electron chi connectivity index (χ3n) is 3.71. The molecule has 0 aliphatic carbocycles. The van der Waals surface area contributed by atoms with E-state index in [1.807, 2.05) is 13.8 Å². The van der Waals surface area contributed by atoms with Gasteiger partial charge in [-0.15, -0.1) is 11.3 Å². The second-order valence-corrected chi connectivity index (χ2v) is 6.58. The zero-order valence-electron chi connectivity index (χ0n) is 14.5. The molecule has 0 atom stereocenters. The van der Waals surface area contributed by atoms with Crippen LogP contribution in [0.5, 0.6) is 5.75 Å². The number of nitrogens with two attached hydrogens (primary N) is 1. The van der Waals surface area contributed by atoms with Crippen LogP contribution >= 0.6 is 11.3 Å². The minimum Gasteiger partial charge on any atom is -0.490 e. The molecule has 0 fully saturated rings. The Balaban J connectivity index is 2.28. The van der Waals surface area contributed by atoms with E-state index in [1.54, 1.807) is 31.4 Å². The number of aryl methyl sites for hydroxylation is 1. The second kappa shape index (κ2) is 8.64. The standard InChI is InChI=1S/C18H22N2O4S/c1-4-12-11(2)25-18(15(12)16(19)21)20-17(22)13-7-5-6-8-14(13)24-10-9-23-3/h5-8H,4,9-10H2,1-3H3,(H2,19,21)(H,20,22). The molecule has 0 saturated heterocycles. The van der Waals surface area contributed by atoms with Crippen molar-refractivity contribution >= 4 is 28.2 Å². The molecule has 0 unspecified atom stereocenters. The van der Waals surface area contributed by atoms with E-state index in [1.165, 1.54) is 11.3 Å². The zero-order valence-corrected chi connectivity index (χ0v) is 15.4. The quantitative estimate of drug-likeness (QED) is 0.706. The number of hydrogen-bond acceptors (Lipinski definition) is 5. The van der Waals surface area contributed by atoms with E-state index in [4.69, 9.17) is 15.2 Å². The van der Waals surface area contributed by atoms with Gasteiger partial charge in [-0.25, -0.2) is 0 Å². The molecule has 2 aromatic rings. The van der Waals surface area contributed by atoms with E-state index in [0.29, 0.717) is 41.5 Å². The topological polar surface area (TPSA) is 90.7 Å². The highest BCUT2D eigenvalue weighted by Gasteiger charge is 2.22. The Kier molecular flexibility index (Phi) is 6.55. The maximum Gasteiger partial charge on any atom is 0.260 e. The third kappa shape index (κ3) is 4.37. The minimum absolute atomic E-state index is 0.339. The lowest BCUT2D eigenvalue weighted by molar-refractivity contribution is 0.100. The Morgan fingerprint density at radius 3 is 2.60 bits per heavy atom. The van der Waals surface area contributed by atoms with Gasteiger partial charge in [0.15, 0.2) is 0 Å². The second-order valence-electron chi connectivity index (χ2n) is 5.35. The van der Waals surface area contributed by atoms with Gasteiger partial charge in [0, 0.05) is 12.0 Å². The zero-order chi connectivity index (χ0) is 18.4. The first kappa shape index (κ1) is 19.0. The first-order valence-electron chi connectivity index (χ1n) is 7.93. The fourth-order valence-corrected chi connectivity index (χ4v) is 3.68. The van der Waals surface area contributed by atoms with Crippen molar-refractivity contribution in [1.29, 1.82) is 0 Å². The molecule has 6 nitrogen and oxygen atoms in total. The van der Waals surface area contributed by atoms with E-state index < -0.39 is 5.91 Å². The maximum atomic E-state index is 12.7. The Morgan fingerprint density at radius 2 is 1.96 bits per heavy atom. The normalized spacial score (nSPS) is 10.5. The smallest absolute Gasteiger partial charge is 0.260 e. The van der Waals surface area contributed by atoms with Crippen molar-refractivity contribution in [3.05, 3.63) is 45.8 Å². The fourth-order valence-electron chi connectivity index (χ4n) is 2.54. The van der Waals surface area contributed by atoms with Crippen LogP contribution in [0.15, 0.2) is 24.3 Å². The highest BCUT2D eigenvalue weighted by molar-refractivity contribution is 7.16. The van der Waals surface area contributed by atoms with Crippen molar-refractivity contribution in [2.75, 3.05) is 25.6 Å². The molecule has 0 spiro atoms. The molecular formula is C18H22N2O4S. The molecule has 1 aromatic heterocycles. The first-order chi connectivity index (χ1) is 12.0. The number of para-hydroxylation sites is 1. The molecule has 25 heavy (non-hydrogen) atoms. The van der Waals surface area contributed by atoms with Crippen LogP contribution < -0.4 is 15.8 Å². The summed E-state index contributed by atoms with van der Waals surface area (Å²) in [5.74, 6) is -0.429. The molecule has 0 bridgehead atoms. The lowest BCUT2D eigenvalue weighted by Gasteiger charge is -2.11. The van der Waals surface area contributed by atoms with Crippen molar-refractivity contribution in [3.63, 3.8) is 0 Å². The molecule has 0 radical (unpaired) electrons. The van der Waals surface area contributed by atoms with Gasteiger partial charge in [-0.3, -0.25) is 9.59 Å². The predicted octanol–water partition coefficient (Wildman–Crippen LogP) is 3.00. The van der Waals surface area contributed by atoms with Gasteiger partial charge in [-0.05, 0) is 31.0 Å². The molecular weight excluding hydrogens is 340 g/mol. The fraction of sp³-hybridized carbons (Fsp3) is 0.333. The van der Waals surface area contributed by atoms with Gasteiger partial charge in [0.05, 0.1) is 17.7 Å². The van der Waals surface area contributed by atoms with E-state index in [0.717, 1.165) is 10.4 Å². The lowest BCUT2D eigenvalue weighted by Crippen LogP contribution is -2.18. The first-order valence-corrected chi connectivity index (χ1v) is 8.75. The summed E-state index contributed by atoms with van der Waals surface area (Å²) in [5, 5.41) is 3.27. The minimum atomic E-state index is -0.541. The number of carbonyl (C=O) groups is 2. The molecule has 0 aliphatic heterocycles. The number of amides is 2. The van der Waals surface area contributed by atoms with E-state index in [9.17, 15) is 9.59 Å². The van der Waals surface area contributed by atoms with Gasteiger partial charge >= 0.3 is 0 Å². The molecule has 3 N–H and O–H groups in total. The van der Waals surface area contributed by atoms with Crippen molar-refractivity contribution in [3.8, 4) is 5.75 Å². The molecule has 1 heterocycles. The van der Waals surface area contributed by atoms with Crippen LogP contribution in [0, 0.1) is 6.92 Å². The predicted molar refractivity (Wildman–Crippen MR) is 98.7 cm³/mol. The SMILES string of the molecule is CCc1c(C)sc(NC(=O)c2ccccc2OCCOC)c1C(N)=O. The number of hydrogen-bond donors (Lipinski definition) is 2. The van der Waals surface area contributed by atoms with Crippen molar-refractivity contribution in [1.82, 2.24) is 0 Å². The number of ether oxygens (including phenoxy) is 2. The van der Waals surface area contributed by atoms with Gasteiger partial charge < -0.3 is 20.5 Å². The molecule has 2 amide bonds. The number of primary amides is 1. The summed E-state index contributed by atoms with van der Waals surface area (Å²) in [7, 11) is 1.58. The van der Waals surface area contributed by atoms with E-state index in [-0.39, 0.29) is 5.91 Å². The average molecular weight is 362 g/mol. The monoisotopic (exact) mass is 362 g/mol. The summed E-state index contributed by atoms with van der Waals surface area (Å²) in [5.41, 5.74) is 7.15. The molecule has 7 heteroatoms. The molecule has 2 rings (SSSR count). The Bertz CT molecular complexity index is 770. The summed E-state index contributed by atoms with van der Waals surface area (Å²) < 4.78 is 10.5. The summed E-state index contributed by atoms with van der Waals surface area (Å²) in [6.45, 7) is 4.62. The van der Waals surface area contributed by atoms with Gasteiger partial charge in [0.2, 0.25) is 0 Å². The van der Waals surface area contributed by atoms with Crippen LogP contribution in [0.25, 0.3) is 0 Å². The number of benzene rings is 1. The van der Waals surface area contributed by atoms with Gasteiger partial charge in [0.1, 0.15) is 17.4 Å². The Morgan fingerprint density at radius 1 is 1.24 bits per heavy atom. The number of rotatable bonds is 8. The molecule has 134 valence electrons. The summed E-state index contributed by atoms with van der Waals surface area (Å²) in [6.07, 6.45) is 0.674. The molecule has 0 saturated carbocycles. The summed E-state index contributed by atoms with van der Waals surface area (Å²) in [6, 6.07) is 6.93. The largest absolute Gasteiger partial charge is 0.490 e. The number of methoxy groups -OCH3 is 1. The van der Waals surface area contributed by atoms with Crippen LogP contribution in [-0.2, 0) is 11.2 Å². The number of anilines is 1. The van der Waals surface area contributed by atoms with Gasteiger partial charge in [-0.1, -0.05) is 19.1 Å². The Hall–Kier alpha value is -2.38. The number of carbonyl (C=O) groups excluding carboxylic acids is 2. The van der Waals surface area contributed by atoms with Gasteiger partial charge in [-0.2, -0.15) is 0 Å². The van der Waals surface area contributed by atoms with Gasteiger partial charge in [0.25, 0.3) is 11.8 Å². The van der Waals surface area contributed by atoms with Crippen LogP contribution in [0.2, 0.25) is 0 Å². The average Bonchev–Trinajstić information content (AvgIpc) is 2.90. The van der Waals surface area contributed by atoms with Crippen molar-refractivity contribution in [2.45, 2.75) is 20.3 Å². The highest BCUT2D eigenvalue weighted by atomic mass is 32.1. The van der Waals surface area contributed by atoms with Crippen LogP contribution in [0.4, 0.5) is 5.00 Å². The van der Waals surface area contributed by atoms with Crippen LogP contribution in [-0.4, -0.2) is 32.1 Å². The van der Waals surface area contributed by atoms with Crippen LogP contribution in [0.1, 0.15) is 38.1 Å². The molecule has 1 aromatic carbocycles. The number of thiophene rings is 1. The lowest BCUT2D eigenvalue weighted by atomic mass is 10.1. The van der Waals surface area contributed by atoms with E-state index >= 15 is 0 Å². The van der Waals surface area contributed by atoms with Crippen molar-refractivity contribution in [2.24, 2.45) is 5.73 Å². The Labute approximate surface area is 150 Å². The molecule has 0 aliphatic rings. The summed E-state index contributed by atoms with van der Waals surface area (Å²) >= 11 is 1.35. The van der Waals surface area contributed by atoms with Crippen LogP contribution in [0.3, 0.4) is 0 Å². The van der Waals surface area contributed by atoms with E-state index in [2.05, 4.69) is 5.32 Å². The highest BCUT2D eigenvalue weighted by Crippen LogP contribution is 2.34.